The minimum absolute atomic E-state index is 0.217. The third kappa shape index (κ3) is 3.65. The molecule has 8 heteroatoms. The molecule has 0 saturated carbocycles. The summed E-state index contributed by atoms with van der Waals surface area (Å²) in [6, 6.07) is 8.64. The van der Waals surface area contributed by atoms with E-state index in [1.807, 2.05) is 13.0 Å². The van der Waals surface area contributed by atoms with Crippen molar-refractivity contribution in [2.24, 2.45) is 5.41 Å². The summed E-state index contributed by atoms with van der Waals surface area (Å²) in [7, 11) is 0. The Morgan fingerprint density at radius 3 is 2.79 bits per heavy atom. The van der Waals surface area contributed by atoms with Crippen LogP contribution in [-0.4, -0.2) is 53.7 Å². The van der Waals surface area contributed by atoms with E-state index in [1.54, 1.807) is 12.1 Å². The van der Waals surface area contributed by atoms with Gasteiger partial charge in [0.25, 0.3) is 6.01 Å². The second kappa shape index (κ2) is 8.06. The van der Waals surface area contributed by atoms with Gasteiger partial charge < -0.3 is 24.1 Å². The number of aromatic nitrogens is 1. The molecule has 7 nitrogen and oxygen atoms in total. The van der Waals surface area contributed by atoms with Gasteiger partial charge in [0.2, 0.25) is 0 Å². The third-order valence-corrected chi connectivity index (χ3v) is 7.96. The van der Waals surface area contributed by atoms with Gasteiger partial charge in [0, 0.05) is 31.3 Å². The van der Waals surface area contributed by atoms with E-state index in [4.69, 9.17) is 9.15 Å². The number of cyclic esters (lactones) is 1. The Hall–Kier alpha value is -2.97. The molecule has 6 rings (SSSR count). The molecule has 34 heavy (non-hydrogen) atoms. The minimum Gasteiger partial charge on any atom is -0.457 e. The molecule has 3 aromatic rings. The molecule has 1 spiro atoms. The molecule has 0 aliphatic carbocycles. The first-order valence-corrected chi connectivity index (χ1v) is 11.9. The number of rotatable bonds is 4. The average molecular weight is 466 g/mol. The van der Waals surface area contributed by atoms with Crippen molar-refractivity contribution in [2.75, 3.05) is 37.6 Å². The van der Waals surface area contributed by atoms with Crippen LogP contribution in [0.25, 0.3) is 11.1 Å². The highest BCUT2D eigenvalue weighted by Gasteiger charge is 2.42. The number of likely N-dealkylation sites (tertiary alicyclic amines) is 1. The number of fused-ring (bicyclic) bond motifs is 2. The maximum Gasteiger partial charge on any atom is 0.338 e. The SMILES string of the molecule is Cc1c([C@@H](O)CN2CCC3(CC2)CCN(c2nc4cc(F)ccc4o2)C3)ccc2c1COC2=O. The highest BCUT2D eigenvalue weighted by molar-refractivity contribution is 5.94. The van der Waals surface area contributed by atoms with Gasteiger partial charge in [0.15, 0.2) is 5.58 Å². The van der Waals surface area contributed by atoms with E-state index < -0.39 is 6.10 Å². The molecule has 1 aromatic heterocycles. The summed E-state index contributed by atoms with van der Waals surface area (Å²) >= 11 is 0. The summed E-state index contributed by atoms with van der Waals surface area (Å²) in [6.07, 6.45) is 2.58. The Morgan fingerprint density at radius 1 is 1.18 bits per heavy atom. The number of esters is 1. The third-order valence-electron chi connectivity index (χ3n) is 7.96. The van der Waals surface area contributed by atoms with E-state index in [9.17, 15) is 14.3 Å². The van der Waals surface area contributed by atoms with Crippen LogP contribution in [0.3, 0.4) is 0 Å². The first-order valence-electron chi connectivity index (χ1n) is 11.9. The molecule has 2 aromatic carbocycles. The highest BCUT2D eigenvalue weighted by Crippen LogP contribution is 2.42. The largest absolute Gasteiger partial charge is 0.457 e. The lowest BCUT2D eigenvalue weighted by Gasteiger charge is -2.40. The summed E-state index contributed by atoms with van der Waals surface area (Å²) in [6.45, 7) is 6.44. The van der Waals surface area contributed by atoms with Gasteiger partial charge in [-0.3, -0.25) is 0 Å². The molecule has 0 bridgehead atoms. The average Bonchev–Trinajstić information content (AvgIpc) is 3.53. The van der Waals surface area contributed by atoms with Crippen LogP contribution in [0.1, 0.15) is 52.4 Å². The number of carbonyl (C=O) groups excluding carboxylic acids is 1. The number of carbonyl (C=O) groups is 1. The number of halogens is 1. The number of benzene rings is 2. The molecule has 0 amide bonds. The van der Waals surface area contributed by atoms with E-state index in [0.717, 1.165) is 62.1 Å². The van der Waals surface area contributed by atoms with Crippen LogP contribution in [0.5, 0.6) is 0 Å². The first kappa shape index (κ1) is 21.6. The van der Waals surface area contributed by atoms with Crippen molar-refractivity contribution in [3.05, 3.63) is 58.4 Å². The van der Waals surface area contributed by atoms with Crippen LogP contribution in [0.2, 0.25) is 0 Å². The van der Waals surface area contributed by atoms with Crippen molar-refractivity contribution in [3.63, 3.8) is 0 Å². The van der Waals surface area contributed by atoms with Crippen LogP contribution < -0.4 is 4.90 Å². The Kier molecular flexibility index (Phi) is 5.11. The van der Waals surface area contributed by atoms with Crippen LogP contribution in [0.15, 0.2) is 34.7 Å². The lowest BCUT2D eigenvalue weighted by Crippen LogP contribution is -2.43. The number of hydrogen-bond acceptors (Lipinski definition) is 7. The molecule has 1 N–H and O–H groups in total. The van der Waals surface area contributed by atoms with Crippen molar-refractivity contribution < 1.29 is 23.4 Å². The fourth-order valence-corrected chi connectivity index (χ4v) is 5.81. The number of β-amino-alcohol motifs (C(OH)–C–C–N with tert-alkyl or cyclic N) is 1. The van der Waals surface area contributed by atoms with E-state index >= 15 is 0 Å². The Balaban J connectivity index is 1.08. The minimum atomic E-state index is -0.602. The summed E-state index contributed by atoms with van der Waals surface area (Å²) < 4.78 is 24.5. The van der Waals surface area contributed by atoms with Crippen molar-refractivity contribution in [1.29, 1.82) is 0 Å². The van der Waals surface area contributed by atoms with E-state index in [0.29, 0.717) is 35.8 Å². The predicted molar refractivity (Wildman–Crippen MR) is 124 cm³/mol. The zero-order valence-corrected chi connectivity index (χ0v) is 19.2. The smallest absolute Gasteiger partial charge is 0.338 e. The molecule has 0 unspecified atom stereocenters. The number of nitrogens with zero attached hydrogens (tertiary/aromatic N) is 3. The second-order valence-electron chi connectivity index (χ2n) is 9.98. The van der Waals surface area contributed by atoms with Crippen LogP contribution >= 0.6 is 0 Å². The van der Waals surface area contributed by atoms with Gasteiger partial charge in [-0.15, -0.1) is 0 Å². The highest BCUT2D eigenvalue weighted by atomic mass is 19.1. The summed E-state index contributed by atoms with van der Waals surface area (Å²) in [4.78, 5) is 20.8. The van der Waals surface area contributed by atoms with E-state index in [-0.39, 0.29) is 17.2 Å². The molecule has 3 aliphatic rings. The van der Waals surface area contributed by atoms with Gasteiger partial charge in [-0.2, -0.15) is 4.98 Å². The summed E-state index contributed by atoms with van der Waals surface area (Å²) in [5.74, 6) is -0.590. The van der Waals surface area contributed by atoms with Gasteiger partial charge in [-0.25, -0.2) is 9.18 Å². The number of anilines is 1. The van der Waals surface area contributed by atoms with Crippen molar-refractivity contribution in [3.8, 4) is 0 Å². The quantitative estimate of drug-likeness (QED) is 0.584. The zero-order chi connectivity index (χ0) is 23.4. The molecule has 2 saturated heterocycles. The molecular weight excluding hydrogens is 437 g/mol. The maximum absolute atomic E-state index is 13.5. The van der Waals surface area contributed by atoms with Gasteiger partial charge in [-0.1, -0.05) is 6.07 Å². The van der Waals surface area contributed by atoms with Gasteiger partial charge in [0.1, 0.15) is 17.9 Å². The molecular formula is C26H28FN3O4. The number of piperidine rings is 1. The van der Waals surface area contributed by atoms with Crippen molar-refractivity contribution >= 4 is 23.1 Å². The number of aliphatic hydroxyl groups excluding tert-OH is 1. The van der Waals surface area contributed by atoms with Crippen molar-refractivity contribution in [2.45, 2.75) is 38.9 Å². The maximum atomic E-state index is 13.5. The molecule has 3 aliphatic heterocycles. The molecule has 178 valence electrons. The predicted octanol–water partition coefficient (Wildman–Crippen LogP) is 3.97. The lowest BCUT2D eigenvalue weighted by atomic mass is 9.77. The number of aliphatic hydroxyl groups is 1. The Morgan fingerprint density at radius 2 is 1.97 bits per heavy atom. The van der Waals surface area contributed by atoms with E-state index in [1.165, 1.54) is 12.1 Å². The van der Waals surface area contributed by atoms with Gasteiger partial charge in [-0.05, 0) is 74.0 Å². The lowest BCUT2D eigenvalue weighted by molar-refractivity contribution is 0.0534. The Bertz CT molecular complexity index is 1260. The van der Waals surface area contributed by atoms with Crippen molar-refractivity contribution in [1.82, 2.24) is 9.88 Å². The molecule has 4 heterocycles. The molecule has 2 fully saturated rings. The normalized spacial score (nSPS) is 20.8. The standard InChI is InChI=1S/C26H28FN3O4/c1-16-18(3-4-19-20(16)14-33-24(19)32)22(31)13-29-9-6-26(7-10-29)8-11-30(15-26)25-28-21-12-17(27)2-5-23(21)34-25/h2-5,12,22,31H,6-11,13-15H2,1H3/t22-/m0/s1. The second-order valence-corrected chi connectivity index (χ2v) is 9.98. The van der Waals surface area contributed by atoms with Crippen LogP contribution in [0.4, 0.5) is 10.4 Å². The number of hydrogen-bond donors (Lipinski definition) is 1. The molecule has 0 radical (unpaired) electrons. The first-order chi connectivity index (χ1) is 16.4. The van der Waals surface area contributed by atoms with E-state index in [2.05, 4.69) is 14.8 Å². The fraction of sp³-hybridized carbons (Fsp3) is 0.462. The van der Waals surface area contributed by atoms with Gasteiger partial charge >= 0.3 is 5.97 Å². The number of oxazole rings is 1. The van der Waals surface area contributed by atoms with Crippen LogP contribution in [0, 0.1) is 18.2 Å². The Labute approximate surface area is 197 Å². The summed E-state index contributed by atoms with van der Waals surface area (Å²) in [5, 5.41) is 11.0. The fourth-order valence-electron chi connectivity index (χ4n) is 5.81. The number of ether oxygens (including phenoxy) is 1. The van der Waals surface area contributed by atoms with Gasteiger partial charge in [0.05, 0.1) is 11.7 Å². The zero-order valence-electron chi connectivity index (χ0n) is 19.2. The molecule has 1 atom stereocenters. The monoisotopic (exact) mass is 465 g/mol. The summed E-state index contributed by atoms with van der Waals surface area (Å²) in [5.41, 5.74) is 4.71. The topological polar surface area (TPSA) is 79.0 Å². The van der Waals surface area contributed by atoms with Crippen LogP contribution in [-0.2, 0) is 11.3 Å².